The lowest BCUT2D eigenvalue weighted by Gasteiger charge is -2.09. The van der Waals surface area contributed by atoms with E-state index >= 15 is 0 Å². The molecule has 0 heterocycles. The molecule has 16 heavy (non-hydrogen) atoms. The predicted octanol–water partition coefficient (Wildman–Crippen LogP) is 1.70. The van der Waals surface area contributed by atoms with Gasteiger partial charge in [0.25, 0.3) is 0 Å². The minimum atomic E-state index is -0.554. The first-order chi connectivity index (χ1) is 7.70. The smallest absolute Gasteiger partial charge is 0.342 e. The molecule has 1 aromatic rings. The minimum absolute atomic E-state index is 0.109. The molecular formula is C12H14O4. The molecule has 0 fully saturated rings. The number of rotatable bonds is 5. The average Bonchev–Trinajstić information content (AvgIpc) is 2.26. The number of phenolic OH excluding ortho intramolecular Hbond substituents is 1. The normalized spacial score (nSPS) is 9.81. The molecule has 1 N–H and O–H groups in total. The van der Waals surface area contributed by atoms with Crippen molar-refractivity contribution < 1.29 is 19.4 Å². The van der Waals surface area contributed by atoms with E-state index in [1.807, 2.05) is 0 Å². The summed E-state index contributed by atoms with van der Waals surface area (Å²) >= 11 is 0. The van der Waals surface area contributed by atoms with Gasteiger partial charge in [-0.1, -0.05) is 12.1 Å². The van der Waals surface area contributed by atoms with Crippen LogP contribution in [0.4, 0.5) is 0 Å². The van der Waals surface area contributed by atoms with E-state index in [2.05, 4.69) is 0 Å². The number of aldehydes is 1. The monoisotopic (exact) mass is 222 g/mol. The van der Waals surface area contributed by atoms with Gasteiger partial charge < -0.3 is 14.6 Å². The molecule has 1 aromatic carbocycles. The fraction of sp³-hybridized carbons (Fsp3) is 0.333. The van der Waals surface area contributed by atoms with E-state index in [1.165, 1.54) is 6.07 Å². The molecule has 0 aliphatic carbocycles. The molecule has 0 atom stereocenters. The van der Waals surface area contributed by atoms with E-state index in [1.54, 1.807) is 19.1 Å². The molecule has 0 aliphatic heterocycles. The molecule has 4 nitrogen and oxygen atoms in total. The maximum atomic E-state index is 11.6. The van der Waals surface area contributed by atoms with Crippen molar-refractivity contribution >= 4 is 12.3 Å². The zero-order valence-electron chi connectivity index (χ0n) is 9.10. The summed E-state index contributed by atoms with van der Waals surface area (Å²) in [6.07, 6.45) is 1.51. The Balaban J connectivity index is 3.02. The fourth-order valence-corrected chi connectivity index (χ4v) is 1.45. The summed E-state index contributed by atoms with van der Waals surface area (Å²) < 4.78 is 4.84. The van der Waals surface area contributed by atoms with Crippen LogP contribution in [0, 0.1) is 0 Å². The highest BCUT2D eigenvalue weighted by Crippen LogP contribution is 2.23. The van der Waals surface area contributed by atoms with Gasteiger partial charge in [-0.25, -0.2) is 4.79 Å². The third kappa shape index (κ3) is 2.82. The van der Waals surface area contributed by atoms with Gasteiger partial charge in [-0.2, -0.15) is 0 Å². The topological polar surface area (TPSA) is 63.6 Å². The van der Waals surface area contributed by atoms with E-state index in [-0.39, 0.29) is 17.9 Å². The first kappa shape index (κ1) is 12.2. The number of hydrogen-bond acceptors (Lipinski definition) is 4. The van der Waals surface area contributed by atoms with Crippen molar-refractivity contribution in [1.29, 1.82) is 0 Å². The van der Waals surface area contributed by atoms with E-state index in [0.717, 1.165) is 6.29 Å². The van der Waals surface area contributed by atoms with Crippen molar-refractivity contribution in [3.63, 3.8) is 0 Å². The Labute approximate surface area is 93.9 Å². The van der Waals surface area contributed by atoms with Crippen LogP contribution in [0.5, 0.6) is 5.75 Å². The van der Waals surface area contributed by atoms with Gasteiger partial charge in [-0.05, 0) is 25.0 Å². The van der Waals surface area contributed by atoms with Crippen molar-refractivity contribution in [3.8, 4) is 5.75 Å². The van der Waals surface area contributed by atoms with Gasteiger partial charge in [-0.3, -0.25) is 0 Å². The van der Waals surface area contributed by atoms with Gasteiger partial charge in [0.2, 0.25) is 0 Å². The fourth-order valence-electron chi connectivity index (χ4n) is 1.45. The molecule has 0 unspecified atom stereocenters. The van der Waals surface area contributed by atoms with Gasteiger partial charge in [0.05, 0.1) is 6.61 Å². The Morgan fingerprint density at radius 1 is 1.50 bits per heavy atom. The van der Waals surface area contributed by atoms with E-state index in [4.69, 9.17) is 4.74 Å². The molecule has 0 saturated carbocycles. The maximum absolute atomic E-state index is 11.6. The van der Waals surface area contributed by atoms with Crippen molar-refractivity contribution in [2.45, 2.75) is 19.8 Å². The summed E-state index contributed by atoms with van der Waals surface area (Å²) in [5.41, 5.74) is 0.789. The number of aromatic hydroxyl groups is 1. The Morgan fingerprint density at radius 3 is 2.88 bits per heavy atom. The largest absolute Gasteiger partial charge is 0.507 e. The summed E-state index contributed by atoms with van der Waals surface area (Å²) in [5, 5.41) is 9.60. The Hall–Kier alpha value is -1.84. The van der Waals surface area contributed by atoms with E-state index in [0.29, 0.717) is 18.4 Å². The number of hydrogen-bond donors (Lipinski definition) is 1. The zero-order chi connectivity index (χ0) is 12.0. The van der Waals surface area contributed by atoms with Gasteiger partial charge in [-0.15, -0.1) is 0 Å². The number of carbonyl (C=O) groups is 2. The Kier molecular flexibility index (Phi) is 4.51. The lowest BCUT2D eigenvalue weighted by atomic mass is 10.0. The number of esters is 1. The molecule has 86 valence electrons. The van der Waals surface area contributed by atoms with Gasteiger partial charge in [0.1, 0.15) is 17.6 Å². The van der Waals surface area contributed by atoms with Crippen LogP contribution in [0.3, 0.4) is 0 Å². The number of carbonyl (C=O) groups excluding carboxylic acids is 2. The first-order valence-corrected chi connectivity index (χ1v) is 5.12. The molecule has 0 radical (unpaired) electrons. The second kappa shape index (κ2) is 5.90. The molecular weight excluding hydrogens is 208 g/mol. The molecule has 4 heteroatoms. The van der Waals surface area contributed by atoms with Crippen LogP contribution in [0.1, 0.15) is 29.3 Å². The second-order valence-corrected chi connectivity index (χ2v) is 3.24. The van der Waals surface area contributed by atoms with Crippen LogP contribution in [-0.4, -0.2) is 24.0 Å². The van der Waals surface area contributed by atoms with Crippen molar-refractivity contribution in [2.75, 3.05) is 6.61 Å². The highest BCUT2D eigenvalue weighted by Gasteiger charge is 2.16. The summed E-state index contributed by atoms with van der Waals surface area (Å²) in [6.45, 7) is 1.95. The summed E-state index contributed by atoms with van der Waals surface area (Å²) in [7, 11) is 0. The molecule has 0 aliphatic rings. The van der Waals surface area contributed by atoms with Gasteiger partial charge in [0, 0.05) is 6.42 Å². The minimum Gasteiger partial charge on any atom is -0.507 e. The average molecular weight is 222 g/mol. The highest BCUT2D eigenvalue weighted by molar-refractivity contribution is 5.94. The van der Waals surface area contributed by atoms with Gasteiger partial charge >= 0.3 is 5.97 Å². The van der Waals surface area contributed by atoms with Gasteiger partial charge in [0.15, 0.2) is 0 Å². The number of ether oxygens (including phenoxy) is 1. The summed E-state index contributed by atoms with van der Waals surface area (Å²) in [6, 6.07) is 4.77. The van der Waals surface area contributed by atoms with E-state index in [9.17, 15) is 14.7 Å². The first-order valence-electron chi connectivity index (χ1n) is 5.12. The standard InChI is InChI=1S/C12H14O4/c1-2-16-12(15)11-9(6-4-8-13)5-3-7-10(11)14/h3,5,7-8,14H,2,4,6H2,1H3. The Morgan fingerprint density at radius 2 is 2.25 bits per heavy atom. The summed E-state index contributed by atoms with van der Waals surface area (Å²) in [4.78, 5) is 21.9. The third-order valence-corrected chi connectivity index (χ3v) is 2.14. The van der Waals surface area contributed by atoms with Crippen LogP contribution >= 0.6 is 0 Å². The summed E-state index contributed by atoms with van der Waals surface area (Å²) in [5.74, 6) is -0.664. The SMILES string of the molecule is CCOC(=O)c1c(O)cccc1CCC=O. The number of phenols is 1. The molecule has 0 amide bonds. The van der Waals surface area contributed by atoms with Crippen LogP contribution < -0.4 is 0 Å². The predicted molar refractivity (Wildman–Crippen MR) is 58.4 cm³/mol. The third-order valence-electron chi connectivity index (χ3n) is 2.14. The quantitative estimate of drug-likeness (QED) is 0.608. The molecule has 0 spiro atoms. The molecule has 1 rings (SSSR count). The lowest BCUT2D eigenvalue weighted by Crippen LogP contribution is -2.08. The van der Waals surface area contributed by atoms with Crippen LogP contribution in [0.15, 0.2) is 18.2 Å². The lowest BCUT2D eigenvalue weighted by molar-refractivity contribution is -0.107. The maximum Gasteiger partial charge on any atom is 0.342 e. The zero-order valence-corrected chi connectivity index (χ0v) is 9.10. The molecule has 0 aromatic heterocycles. The van der Waals surface area contributed by atoms with Crippen molar-refractivity contribution in [1.82, 2.24) is 0 Å². The second-order valence-electron chi connectivity index (χ2n) is 3.24. The number of benzene rings is 1. The molecule has 0 bridgehead atoms. The van der Waals surface area contributed by atoms with Crippen LogP contribution in [0.2, 0.25) is 0 Å². The van der Waals surface area contributed by atoms with Crippen LogP contribution in [-0.2, 0) is 16.0 Å². The Bertz CT molecular complexity index is 385. The van der Waals surface area contributed by atoms with Crippen molar-refractivity contribution in [3.05, 3.63) is 29.3 Å². The highest BCUT2D eigenvalue weighted by atomic mass is 16.5. The number of aryl methyl sites for hydroxylation is 1. The van der Waals surface area contributed by atoms with Crippen molar-refractivity contribution in [2.24, 2.45) is 0 Å². The molecule has 0 saturated heterocycles. The van der Waals surface area contributed by atoms with Crippen LogP contribution in [0.25, 0.3) is 0 Å². The van der Waals surface area contributed by atoms with E-state index < -0.39 is 5.97 Å².